The number of benzene rings is 1. The molecule has 2 heterocycles. The molecule has 1 aliphatic rings. The average molecular weight is 384 g/mol. The lowest BCUT2D eigenvalue weighted by Crippen LogP contribution is -2.32. The highest BCUT2D eigenvalue weighted by molar-refractivity contribution is 5.93. The first-order valence-electron chi connectivity index (χ1n) is 9.70. The Balaban J connectivity index is 1.72. The van der Waals surface area contributed by atoms with Gasteiger partial charge in [-0.1, -0.05) is 18.9 Å². The van der Waals surface area contributed by atoms with Gasteiger partial charge in [-0.25, -0.2) is 9.97 Å². The molecule has 0 aliphatic carbocycles. The lowest BCUT2D eigenvalue weighted by atomic mass is 10.2. The number of nitrogens with one attached hydrogen (secondary N) is 1. The van der Waals surface area contributed by atoms with Gasteiger partial charge in [0.15, 0.2) is 11.5 Å². The number of aromatic nitrogens is 2. The molecule has 0 bridgehead atoms. The SMILES string of the molecule is COc1ccc(CNc2cc(C(=O)N3CCCCCC3)nc(C)n2)cc1OC. The Hall–Kier alpha value is -2.83. The Labute approximate surface area is 166 Å². The van der Waals surface area contributed by atoms with Crippen LogP contribution in [0.1, 0.15) is 47.6 Å². The van der Waals surface area contributed by atoms with Gasteiger partial charge < -0.3 is 19.7 Å². The zero-order valence-corrected chi connectivity index (χ0v) is 16.8. The van der Waals surface area contributed by atoms with Crippen molar-refractivity contribution in [3.8, 4) is 11.5 Å². The van der Waals surface area contributed by atoms with Crippen LogP contribution in [0.3, 0.4) is 0 Å². The summed E-state index contributed by atoms with van der Waals surface area (Å²) in [6.45, 7) is 3.96. The fraction of sp³-hybridized carbons (Fsp3) is 0.476. The largest absolute Gasteiger partial charge is 0.493 e. The summed E-state index contributed by atoms with van der Waals surface area (Å²) in [6, 6.07) is 7.49. The summed E-state index contributed by atoms with van der Waals surface area (Å²) in [7, 11) is 3.23. The van der Waals surface area contributed by atoms with Gasteiger partial charge in [0.25, 0.3) is 5.91 Å². The predicted molar refractivity (Wildman–Crippen MR) is 108 cm³/mol. The van der Waals surface area contributed by atoms with Gasteiger partial charge in [-0.2, -0.15) is 0 Å². The van der Waals surface area contributed by atoms with Crippen molar-refractivity contribution < 1.29 is 14.3 Å². The van der Waals surface area contributed by atoms with Crippen molar-refractivity contribution in [1.82, 2.24) is 14.9 Å². The quantitative estimate of drug-likeness (QED) is 0.822. The van der Waals surface area contributed by atoms with Crippen LogP contribution in [0.4, 0.5) is 5.82 Å². The second kappa shape index (κ2) is 9.39. The molecule has 7 nitrogen and oxygen atoms in total. The van der Waals surface area contributed by atoms with Crippen LogP contribution in [0, 0.1) is 6.92 Å². The van der Waals surface area contributed by atoms with Crippen LogP contribution in [0.2, 0.25) is 0 Å². The van der Waals surface area contributed by atoms with Crippen LogP contribution < -0.4 is 14.8 Å². The third-order valence-corrected chi connectivity index (χ3v) is 4.87. The smallest absolute Gasteiger partial charge is 0.272 e. The molecule has 28 heavy (non-hydrogen) atoms. The maximum Gasteiger partial charge on any atom is 0.272 e. The molecule has 1 aromatic carbocycles. The summed E-state index contributed by atoms with van der Waals surface area (Å²) < 4.78 is 10.6. The highest BCUT2D eigenvalue weighted by Crippen LogP contribution is 2.27. The summed E-state index contributed by atoms with van der Waals surface area (Å²) >= 11 is 0. The van der Waals surface area contributed by atoms with Gasteiger partial charge in [0, 0.05) is 25.7 Å². The van der Waals surface area contributed by atoms with E-state index in [1.165, 1.54) is 12.8 Å². The molecule has 0 unspecified atom stereocenters. The number of methoxy groups -OCH3 is 2. The molecule has 150 valence electrons. The molecule has 0 saturated carbocycles. The van der Waals surface area contributed by atoms with Gasteiger partial charge in [0.1, 0.15) is 17.3 Å². The number of carbonyl (C=O) groups is 1. The molecule has 3 rings (SSSR count). The molecule has 1 fully saturated rings. The molecule has 7 heteroatoms. The molecular formula is C21H28N4O3. The number of rotatable bonds is 6. The van der Waals surface area contributed by atoms with E-state index >= 15 is 0 Å². The summed E-state index contributed by atoms with van der Waals surface area (Å²) in [5.41, 5.74) is 1.47. The number of likely N-dealkylation sites (tertiary alicyclic amines) is 1. The lowest BCUT2D eigenvalue weighted by Gasteiger charge is -2.20. The molecule has 1 amide bonds. The fourth-order valence-corrected chi connectivity index (χ4v) is 3.39. The van der Waals surface area contributed by atoms with Gasteiger partial charge in [-0.15, -0.1) is 0 Å². The number of ether oxygens (including phenoxy) is 2. The zero-order valence-electron chi connectivity index (χ0n) is 16.8. The van der Waals surface area contributed by atoms with Crippen LogP contribution in [-0.4, -0.2) is 48.1 Å². The normalized spacial score (nSPS) is 14.3. The summed E-state index contributed by atoms with van der Waals surface area (Å²) in [5, 5.41) is 3.28. The molecule has 1 aliphatic heterocycles. The van der Waals surface area contributed by atoms with Gasteiger partial charge >= 0.3 is 0 Å². The van der Waals surface area contributed by atoms with Crippen molar-refractivity contribution in [3.63, 3.8) is 0 Å². The van der Waals surface area contributed by atoms with Crippen molar-refractivity contribution in [2.24, 2.45) is 0 Å². The van der Waals surface area contributed by atoms with E-state index in [0.29, 0.717) is 35.4 Å². The first-order chi connectivity index (χ1) is 13.6. The molecular weight excluding hydrogens is 356 g/mol. The first kappa shape index (κ1) is 19.9. The van der Waals surface area contributed by atoms with E-state index in [0.717, 1.165) is 31.5 Å². The average Bonchev–Trinajstić information content (AvgIpc) is 3.00. The molecule has 0 spiro atoms. The van der Waals surface area contributed by atoms with E-state index in [4.69, 9.17) is 9.47 Å². The zero-order chi connectivity index (χ0) is 19.9. The van der Waals surface area contributed by atoms with E-state index < -0.39 is 0 Å². The second-order valence-electron chi connectivity index (χ2n) is 6.93. The van der Waals surface area contributed by atoms with Crippen LogP contribution >= 0.6 is 0 Å². The Kier molecular flexibility index (Phi) is 6.68. The minimum Gasteiger partial charge on any atom is -0.493 e. The van der Waals surface area contributed by atoms with Crippen LogP contribution in [-0.2, 0) is 6.54 Å². The van der Waals surface area contributed by atoms with Gasteiger partial charge in [0.05, 0.1) is 14.2 Å². The van der Waals surface area contributed by atoms with Gasteiger partial charge in [-0.3, -0.25) is 4.79 Å². The van der Waals surface area contributed by atoms with E-state index in [-0.39, 0.29) is 5.91 Å². The lowest BCUT2D eigenvalue weighted by molar-refractivity contribution is 0.0755. The molecule has 0 atom stereocenters. The number of anilines is 1. The fourth-order valence-electron chi connectivity index (χ4n) is 3.39. The summed E-state index contributed by atoms with van der Waals surface area (Å²) in [4.78, 5) is 23.6. The minimum atomic E-state index is -0.0124. The van der Waals surface area contributed by atoms with E-state index in [1.54, 1.807) is 27.2 Å². The standard InChI is InChI=1S/C21H28N4O3/c1-15-23-17(21(26)25-10-6-4-5-7-11-25)13-20(24-15)22-14-16-8-9-18(27-2)19(12-16)28-3/h8-9,12-13H,4-7,10-11,14H2,1-3H3,(H,22,23,24). The van der Waals surface area contributed by atoms with Gasteiger partial charge in [-0.05, 0) is 37.5 Å². The summed E-state index contributed by atoms with van der Waals surface area (Å²) in [5.74, 6) is 2.57. The maximum absolute atomic E-state index is 12.9. The van der Waals surface area contributed by atoms with Crippen molar-refractivity contribution >= 4 is 11.7 Å². The third kappa shape index (κ3) is 4.91. The van der Waals surface area contributed by atoms with E-state index in [9.17, 15) is 4.79 Å². The Morgan fingerprint density at radius 1 is 1.04 bits per heavy atom. The maximum atomic E-state index is 12.9. The Bertz CT molecular complexity index is 817. The number of aryl methyl sites for hydroxylation is 1. The van der Waals surface area contributed by atoms with Crippen molar-refractivity contribution in [3.05, 3.63) is 41.3 Å². The summed E-state index contributed by atoms with van der Waals surface area (Å²) in [6.07, 6.45) is 4.48. The Morgan fingerprint density at radius 3 is 2.43 bits per heavy atom. The second-order valence-corrected chi connectivity index (χ2v) is 6.93. The predicted octanol–water partition coefficient (Wildman–Crippen LogP) is 3.43. The minimum absolute atomic E-state index is 0.0124. The molecule has 1 aromatic heterocycles. The van der Waals surface area contributed by atoms with Crippen LogP contribution in [0.15, 0.2) is 24.3 Å². The van der Waals surface area contributed by atoms with Crippen molar-refractivity contribution in [2.45, 2.75) is 39.2 Å². The first-order valence-corrected chi connectivity index (χ1v) is 9.70. The third-order valence-electron chi connectivity index (χ3n) is 4.87. The van der Waals surface area contributed by atoms with Crippen LogP contribution in [0.5, 0.6) is 11.5 Å². The molecule has 2 aromatic rings. The number of carbonyl (C=O) groups excluding carboxylic acids is 1. The Morgan fingerprint density at radius 2 is 1.75 bits per heavy atom. The van der Waals surface area contributed by atoms with E-state index in [2.05, 4.69) is 15.3 Å². The highest BCUT2D eigenvalue weighted by Gasteiger charge is 2.19. The topological polar surface area (TPSA) is 76.6 Å². The highest BCUT2D eigenvalue weighted by atomic mass is 16.5. The molecule has 0 radical (unpaired) electrons. The van der Waals surface area contributed by atoms with Crippen LogP contribution in [0.25, 0.3) is 0 Å². The molecule has 1 N–H and O–H groups in total. The van der Waals surface area contributed by atoms with Gasteiger partial charge in [0.2, 0.25) is 0 Å². The molecule has 1 saturated heterocycles. The van der Waals surface area contributed by atoms with Crippen molar-refractivity contribution in [2.75, 3.05) is 32.6 Å². The van der Waals surface area contributed by atoms with E-state index in [1.807, 2.05) is 23.1 Å². The van der Waals surface area contributed by atoms with Crippen molar-refractivity contribution in [1.29, 1.82) is 0 Å². The number of nitrogens with zero attached hydrogens (tertiary/aromatic N) is 3. The number of amides is 1. The number of hydrogen-bond acceptors (Lipinski definition) is 6. The number of hydrogen-bond donors (Lipinski definition) is 1. The monoisotopic (exact) mass is 384 g/mol.